The molecule has 0 saturated heterocycles. The Kier molecular flexibility index (Phi) is 4.95. The molecule has 2 nitrogen and oxygen atoms in total. The number of hydrogen-bond acceptors (Lipinski definition) is 2. The second-order valence-electron chi connectivity index (χ2n) is 11.8. The van der Waals surface area contributed by atoms with Gasteiger partial charge in [0, 0.05) is 2.74 Å². The van der Waals surface area contributed by atoms with E-state index in [1.807, 2.05) is 6.08 Å². The fraction of sp³-hybridized carbons (Fsp3) is 0.889. The summed E-state index contributed by atoms with van der Waals surface area (Å²) in [6.07, 6.45) is 11.3. The van der Waals surface area contributed by atoms with Crippen molar-refractivity contribution < 1.29 is 9.32 Å². The van der Waals surface area contributed by atoms with Crippen molar-refractivity contribution in [1.29, 1.82) is 0 Å². The molecule has 0 spiro atoms. The van der Waals surface area contributed by atoms with Crippen LogP contribution in [0.5, 0.6) is 0 Å². The molecule has 0 bridgehead atoms. The molecule has 4 aliphatic carbocycles. The van der Waals surface area contributed by atoms with Gasteiger partial charge in [-0.2, -0.15) is 0 Å². The van der Waals surface area contributed by atoms with Crippen molar-refractivity contribution in [2.75, 3.05) is 0 Å². The second kappa shape index (κ2) is 8.04. The molecule has 0 aromatic carbocycles. The second-order valence-corrected chi connectivity index (χ2v) is 11.8. The van der Waals surface area contributed by atoms with E-state index in [1.54, 1.807) is 0 Å². The highest BCUT2D eigenvalue weighted by atomic mass is 16.4. The Morgan fingerprint density at radius 3 is 2.66 bits per heavy atom. The first-order valence-electron chi connectivity index (χ1n) is 13.9. The molecule has 164 valence electrons. The molecule has 3 saturated carbocycles. The molecule has 8 atom stereocenters. The van der Waals surface area contributed by atoms with Gasteiger partial charge in [0.1, 0.15) is 0 Å². The number of hydrogen-bond donors (Lipinski definition) is 1. The van der Waals surface area contributed by atoms with Crippen LogP contribution in [0.4, 0.5) is 0 Å². The Labute approximate surface area is 183 Å². The van der Waals surface area contributed by atoms with Crippen LogP contribution in [0.3, 0.4) is 0 Å². The molecule has 2 heteroatoms. The van der Waals surface area contributed by atoms with Crippen LogP contribution in [0.2, 0.25) is 0 Å². The number of nitrogens with zero attached hydrogens (tertiary/aromatic N) is 1. The maximum Gasteiger partial charge on any atom is 0.0795 e. The molecule has 4 rings (SSSR count). The first-order chi connectivity index (χ1) is 15.0. The van der Waals surface area contributed by atoms with Gasteiger partial charge in [-0.05, 0) is 103 Å². The van der Waals surface area contributed by atoms with Gasteiger partial charge >= 0.3 is 0 Å². The van der Waals surface area contributed by atoms with Crippen LogP contribution >= 0.6 is 0 Å². The van der Waals surface area contributed by atoms with Crippen LogP contribution in [-0.2, 0) is 0 Å². The summed E-state index contributed by atoms with van der Waals surface area (Å²) in [5, 5.41) is 12.6. The SMILES string of the molecule is [2H]C1=C[C@@]2(C)[C@H](CC[C@@H]3[C@@H]2CC[C@]2(C)[C@@H]([C@H](C)CCCC(C)C)CC[C@@H]32)C([2H])([2H])/C1=N/O. The zero-order chi connectivity index (χ0) is 23.5. The molecule has 1 N–H and O–H groups in total. The Balaban J connectivity index is 1.57. The zero-order valence-electron chi connectivity index (χ0n) is 22.4. The smallest absolute Gasteiger partial charge is 0.0795 e. The van der Waals surface area contributed by atoms with E-state index in [4.69, 9.17) is 4.11 Å². The van der Waals surface area contributed by atoms with Crippen molar-refractivity contribution in [3.8, 4) is 0 Å². The minimum Gasteiger partial charge on any atom is -0.411 e. The topological polar surface area (TPSA) is 32.6 Å². The summed E-state index contributed by atoms with van der Waals surface area (Å²) in [6, 6.07) is 0.0910. The van der Waals surface area contributed by atoms with Gasteiger partial charge in [0.15, 0.2) is 0 Å². The van der Waals surface area contributed by atoms with E-state index in [9.17, 15) is 5.21 Å². The lowest BCUT2D eigenvalue weighted by Crippen LogP contribution is -2.52. The lowest BCUT2D eigenvalue weighted by atomic mass is 9.45. The van der Waals surface area contributed by atoms with Crippen LogP contribution < -0.4 is 0 Å². The van der Waals surface area contributed by atoms with E-state index in [1.165, 1.54) is 38.5 Å². The van der Waals surface area contributed by atoms with E-state index in [0.29, 0.717) is 17.3 Å². The summed E-state index contributed by atoms with van der Waals surface area (Å²) in [6.45, 7) is 12.0. The average Bonchev–Trinajstić information content (AvgIpc) is 3.04. The number of rotatable bonds is 5. The summed E-state index contributed by atoms with van der Waals surface area (Å²) >= 11 is 0. The first kappa shape index (κ1) is 17.8. The van der Waals surface area contributed by atoms with E-state index < -0.39 is 6.37 Å². The van der Waals surface area contributed by atoms with Crippen LogP contribution in [0.15, 0.2) is 17.3 Å². The molecule has 0 aromatic heterocycles. The molecule has 0 radical (unpaired) electrons. The number of oxime groups is 1. The summed E-state index contributed by atoms with van der Waals surface area (Å²) in [5.74, 6) is 4.01. The summed E-state index contributed by atoms with van der Waals surface area (Å²) in [7, 11) is 0. The third-order valence-electron chi connectivity index (χ3n) is 9.91. The third-order valence-corrected chi connectivity index (χ3v) is 9.91. The Hall–Kier alpha value is -0.790. The summed E-state index contributed by atoms with van der Waals surface area (Å²) in [4.78, 5) is 0. The molecule has 0 unspecified atom stereocenters. The quantitative estimate of drug-likeness (QED) is 0.370. The van der Waals surface area contributed by atoms with Gasteiger partial charge in [-0.25, -0.2) is 0 Å². The number of allylic oxidation sites excluding steroid dienone is 2. The van der Waals surface area contributed by atoms with Crippen molar-refractivity contribution in [2.45, 2.75) is 98.8 Å². The van der Waals surface area contributed by atoms with E-state index >= 15 is 0 Å². The highest BCUT2D eigenvalue weighted by Gasteiger charge is 2.59. The van der Waals surface area contributed by atoms with Crippen LogP contribution in [0.25, 0.3) is 0 Å². The van der Waals surface area contributed by atoms with E-state index in [-0.39, 0.29) is 23.1 Å². The van der Waals surface area contributed by atoms with Gasteiger partial charge in [-0.15, -0.1) is 0 Å². The largest absolute Gasteiger partial charge is 0.411 e. The highest BCUT2D eigenvalue weighted by molar-refractivity contribution is 5.95. The molecule has 29 heavy (non-hydrogen) atoms. The molecule has 3 fully saturated rings. The Morgan fingerprint density at radius 1 is 1.14 bits per heavy atom. The maximum atomic E-state index is 9.42. The molecule has 0 aliphatic heterocycles. The van der Waals surface area contributed by atoms with Crippen molar-refractivity contribution >= 4 is 5.71 Å². The summed E-state index contributed by atoms with van der Waals surface area (Å²) < 4.78 is 25.9. The van der Waals surface area contributed by atoms with Gasteiger partial charge in [0.2, 0.25) is 0 Å². The van der Waals surface area contributed by atoms with Crippen molar-refractivity contribution in [3.63, 3.8) is 0 Å². The fourth-order valence-electron chi connectivity index (χ4n) is 8.34. The van der Waals surface area contributed by atoms with Gasteiger partial charge in [-0.1, -0.05) is 65.1 Å². The van der Waals surface area contributed by atoms with Gasteiger partial charge in [-0.3, -0.25) is 0 Å². The number of fused-ring (bicyclic) bond motifs is 5. The third kappa shape index (κ3) is 3.61. The molecule has 0 aromatic rings. The van der Waals surface area contributed by atoms with E-state index in [2.05, 4.69) is 39.8 Å². The zero-order valence-corrected chi connectivity index (χ0v) is 19.4. The fourth-order valence-corrected chi connectivity index (χ4v) is 8.34. The normalized spacial score (nSPS) is 50.0. The van der Waals surface area contributed by atoms with Gasteiger partial charge < -0.3 is 5.21 Å². The Bertz CT molecular complexity index is 777. The monoisotopic (exact) mass is 402 g/mol. The minimum atomic E-state index is -1.73. The van der Waals surface area contributed by atoms with Crippen LogP contribution in [-0.4, -0.2) is 10.9 Å². The molecule has 0 amide bonds. The van der Waals surface area contributed by atoms with Crippen LogP contribution in [0, 0.1) is 52.3 Å². The predicted octanol–water partition coefficient (Wildman–Crippen LogP) is 7.71. The lowest BCUT2D eigenvalue weighted by Gasteiger charge is -2.59. The minimum absolute atomic E-state index is 0.0739. The molecular formula is C27H45NO. The predicted molar refractivity (Wildman–Crippen MR) is 122 cm³/mol. The van der Waals surface area contributed by atoms with Crippen molar-refractivity contribution in [2.24, 2.45) is 57.4 Å². The first-order valence-corrected chi connectivity index (χ1v) is 12.4. The van der Waals surface area contributed by atoms with Gasteiger partial charge in [0.05, 0.1) is 7.08 Å². The molecule has 4 aliphatic rings. The lowest BCUT2D eigenvalue weighted by molar-refractivity contribution is -0.0809. The van der Waals surface area contributed by atoms with Crippen molar-refractivity contribution in [1.82, 2.24) is 0 Å². The Morgan fingerprint density at radius 2 is 1.93 bits per heavy atom. The van der Waals surface area contributed by atoms with Crippen molar-refractivity contribution in [3.05, 3.63) is 12.1 Å². The van der Waals surface area contributed by atoms with Crippen LogP contribution in [0.1, 0.15) is 103 Å². The van der Waals surface area contributed by atoms with Gasteiger partial charge in [0.25, 0.3) is 0 Å². The standard InChI is InChI=1S/C27H45NO/c1-18(2)7-6-8-19(3)23-11-12-24-22-10-9-20-17-21(28-29)13-15-26(20,4)25(22)14-16-27(23,24)5/h13,15,18-20,22-25,29H,6-12,14,16-17H2,1-5H3/b28-21+/t19-,20-,22+,23-,24+,25+,26+,27-/m1/s1/i13D,17D2. The average molecular weight is 403 g/mol. The highest BCUT2D eigenvalue weighted by Crippen LogP contribution is 2.67. The van der Waals surface area contributed by atoms with E-state index in [0.717, 1.165) is 42.9 Å². The molecule has 0 heterocycles. The molecular weight excluding hydrogens is 354 g/mol. The maximum absolute atomic E-state index is 9.42. The summed E-state index contributed by atoms with van der Waals surface area (Å²) in [5.41, 5.74) is 0.0239.